The molecule has 0 radical (unpaired) electrons. The summed E-state index contributed by atoms with van der Waals surface area (Å²) in [5.41, 5.74) is 1.67. The Balaban J connectivity index is 1.54. The van der Waals surface area contributed by atoms with Crippen molar-refractivity contribution in [3.8, 4) is 0 Å². The van der Waals surface area contributed by atoms with Crippen molar-refractivity contribution in [3.05, 3.63) is 65.9 Å². The number of rotatable bonds is 6. The van der Waals surface area contributed by atoms with E-state index < -0.39 is 17.7 Å². The fourth-order valence-electron chi connectivity index (χ4n) is 3.89. The lowest BCUT2D eigenvalue weighted by atomic mass is 10.1. The highest BCUT2D eigenvalue weighted by atomic mass is 16.5. The summed E-state index contributed by atoms with van der Waals surface area (Å²) in [5, 5.41) is 3.17. The zero-order valence-corrected chi connectivity index (χ0v) is 17.7. The number of hydrogen-bond donors (Lipinski definition) is 1. The summed E-state index contributed by atoms with van der Waals surface area (Å²) in [5.74, 6) is -2.00. The SMILES string of the molecule is COC(=O)c1ccc(NC(=O)C(=O)c2cn(CC(=O)N3CCCC3)c3ccccc23)cc1. The van der Waals surface area contributed by atoms with Gasteiger partial charge in [-0.3, -0.25) is 14.4 Å². The molecule has 0 spiro atoms. The number of Topliss-reactive ketones (excluding diaryl/α,β-unsaturated/α-hetero) is 1. The van der Waals surface area contributed by atoms with Crippen LogP contribution in [-0.4, -0.2) is 53.2 Å². The highest BCUT2D eigenvalue weighted by molar-refractivity contribution is 6.48. The molecule has 1 N–H and O–H groups in total. The number of nitrogens with one attached hydrogen (secondary N) is 1. The fraction of sp³-hybridized carbons (Fsp3) is 0.250. The van der Waals surface area contributed by atoms with Crippen LogP contribution in [0.3, 0.4) is 0 Å². The Labute approximate surface area is 184 Å². The van der Waals surface area contributed by atoms with Crippen LogP contribution < -0.4 is 5.32 Å². The molecule has 0 atom stereocenters. The third kappa shape index (κ3) is 4.25. The van der Waals surface area contributed by atoms with Crippen molar-refractivity contribution in [2.24, 2.45) is 0 Å². The van der Waals surface area contributed by atoms with E-state index in [1.807, 2.05) is 17.0 Å². The monoisotopic (exact) mass is 433 g/mol. The zero-order valence-electron chi connectivity index (χ0n) is 17.7. The van der Waals surface area contributed by atoms with E-state index in [0.29, 0.717) is 16.6 Å². The zero-order chi connectivity index (χ0) is 22.7. The second-order valence-corrected chi connectivity index (χ2v) is 7.63. The maximum Gasteiger partial charge on any atom is 0.337 e. The molecule has 164 valence electrons. The average Bonchev–Trinajstić information content (AvgIpc) is 3.47. The molecule has 0 unspecified atom stereocenters. The van der Waals surface area contributed by atoms with Crippen molar-refractivity contribution < 1.29 is 23.9 Å². The van der Waals surface area contributed by atoms with Crippen molar-refractivity contribution in [3.63, 3.8) is 0 Å². The first-order valence-corrected chi connectivity index (χ1v) is 10.4. The number of esters is 1. The molecule has 1 saturated heterocycles. The van der Waals surface area contributed by atoms with Crippen molar-refractivity contribution in [2.75, 3.05) is 25.5 Å². The van der Waals surface area contributed by atoms with Gasteiger partial charge in [-0.2, -0.15) is 0 Å². The summed E-state index contributed by atoms with van der Waals surface area (Å²) >= 11 is 0. The van der Waals surface area contributed by atoms with E-state index in [4.69, 9.17) is 0 Å². The van der Waals surface area contributed by atoms with E-state index in [-0.39, 0.29) is 18.0 Å². The maximum absolute atomic E-state index is 12.9. The second-order valence-electron chi connectivity index (χ2n) is 7.63. The van der Waals surface area contributed by atoms with E-state index in [9.17, 15) is 19.2 Å². The molecule has 0 bridgehead atoms. The van der Waals surface area contributed by atoms with Crippen LogP contribution >= 0.6 is 0 Å². The van der Waals surface area contributed by atoms with Crippen LogP contribution in [0.2, 0.25) is 0 Å². The van der Waals surface area contributed by atoms with Crippen LogP contribution in [0.15, 0.2) is 54.7 Å². The smallest absolute Gasteiger partial charge is 0.337 e. The van der Waals surface area contributed by atoms with E-state index in [1.54, 1.807) is 22.9 Å². The molecule has 1 aromatic heterocycles. The van der Waals surface area contributed by atoms with Gasteiger partial charge in [0.05, 0.1) is 18.2 Å². The lowest BCUT2D eigenvalue weighted by molar-refractivity contribution is -0.130. The highest BCUT2D eigenvalue weighted by Gasteiger charge is 2.24. The van der Waals surface area contributed by atoms with Gasteiger partial charge in [0, 0.05) is 35.9 Å². The number of aromatic nitrogens is 1. The van der Waals surface area contributed by atoms with Gasteiger partial charge in [-0.25, -0.2) is 4.79 Å². The first-order chi connectivity index (χ1) is 15.5. The van der Waals surface area contributed by atoms with Gasteiger partial charge in [-0.15, -0.1) is 0 Å². The molecule has 4 rings (SSSR count). The van der Waals surface area contributed by atoms with Gasteiger partial charge in [0.25, 0.3) is 11.7 Å². The largest absolute Gasteiger partial charge is 0.465 e. The molecular weight excluding hydrogens is 410 g/mol. The van der Waals surface area contributed by atoms with E-state index >= 15 is 0 Å². The van der Waals surface area contributed by atoms with Gasteiger partial charge in [0.1, 0.15) is 6.54 Å². The quantitative estimate of drug-likeness (QED) is 0.366. The number of nitrogens with zero attached hydrogens (tertiary/aromatic N) is 2. The average molecular weight is 433 g/mol. The molecule has 0 saturated carbocycles. The van der Waals surface area contributed by atoms with Crippen molar-refractivity contribution in [2.45, 2.75) is 19.4 Å². The Bertz CT molecular complexity index is 1190. The number of fused-ring (bicyclic) bond motifs is 1. The first-order valence-electron chi connectivity index (χ1n) is 10.4. The number of amides is 2. The van der Waals surface area contributed by atoms with Crippen LogP contribution in [-0.2, 0) is 20.9 Å². The number of carbonyl (C=O) groups excluding carboxylic acids is 4. The molecule has 8 heteroatoms. The Morgan fingerprint density at radius 3 is 2.34 bits per heavy atom. The summed E-state index contributed by atoms with van der Waals surface area (Å²) in [4.78, 5) is 51.6. The number of ether oxygens (including phenoxy) is 1. The number of hydrogen-bond acceptors (Lipinski definition) is 5. The molecule has 2 heterocycles. The van der Waals surface area contributed by atoms with Crippen LogP contribution in [0.4, 0.5) is 5.69 Å². The fourth-order valence-corrected chi connectivity index (χ4v) is 3.89. The van der Waals surface area contributed by atoms with Crippen molar-refractivity contribution >= 4 is 40.2 Å². The van der Waals surface area contributed by atoms with Crippen LogP contribution in [0.5, 0.6) is 0 Å². The molecule has 0 aliphatic carbocycles. The third-order valence-electron chi connectivity index (χ3n) is 5.57. The summed E-state index contributed by atoms with van der Waals surface area (Å²) in [7, 11) is 1.28. The topological polar surface area (TPSA) is 97.7 Å². The third-order valence-corrected chi connectivity index (χ3v) is 5.57. The van der Waals surface area contributed by atoms with Gasteiger partial charge < -0.3 is 19.5 Å². The predicted molar refractivity (Wildman–Crippen MR) is 118 cm³/mol. The summed E-state index contributed by atoms with van der Waals surface area (Å²) in [6.07, 6.45) is 3.58. The number of benzene rings is 2. The molecule has 2 amide bonds. The number of methoxy groups -OCH3 is 1. The Kier molecular flexibility index (Phi) is 6.02. The standard InChI is InChI=1S/C24H23N3O5/c1-32-24(31)16-8-10-17(11-9-16)25-23(30)22(29)19-14-27(20-7-3-2-6-18(19)20)15-21(28)26-12-4-5-13-26/h2-3,6-11,14H,4-5,12-13,15H2,1H3,(H,25,30). The maximum atomic E-state index is 12.9. The summed E-state index contributed by atoms with van der Waals surface area (Å²) in [6.45, 7) is 1.62. The molecule has 1 aliphatic heterocycles. The Morgan fingerprint density at radius 1 is 0.969 bits per heavy atom. The molecular formula is C24H23N3O5. The second kappa shape index (κ2) is 9.05. The highest BCUT2D eigenvalue weighted by Crippen LogP contribution is 2.23. The minimum absolute atomic E-state index is 0.00241. The molecule has 8 nitrogen and oxygen atoms in total. The number of likely N-dealkylation sites (tertiary alicyclic amines) is 1. The normalized spacial score (nSPS) is 13.2. The van der Waals surface area contributed by atoms with Gasteiger partial charge in [-0.1, -0.05) is 18.2 Å². The minimum Gasteiger partial charge on any atom is -0.465 e. The molecule has 2 aromatic carbocycles. The number of anilines is 1. The van der Waals surface area contributed by atoms with Crippen LogP contribution in [0, 0.1) is 0 Å². The van der Waals surface area contributed by atoms with E-state index in [1.165, 1.54) is 31.4 Å². The van der Waals surface area contributed by atoms with Gasteiger partial charge in [0.2, 0.25) is 5.91 Å². The molecule has 32 heavy (non-hydrogen) atoms. The van der Waals surface area contributed by atoms with Crippen LogP contribution in [0.1, 0.15) is 33.6 Å². The molecule has 3 aromatic rings. The van der Waals surface area contributed by atoms with E-state index in [0.717, 1.165) is 31.4 Å². The van der Waals surface area contributed by atoms with Gasteiger partial charge in [-0.05, 0) is 43.2 Å². The molecule has 1 aliphatic rings. The Hall–Kier alpha value is -3.94. The predicted octanol–water partition coefficient (Wildman–Crippen LogP) is 2.87. The lowest BCUT2D eigenvalue weighted by Gasteiger charge is -2.15. The van der Waals surface area contributed by atoms with Gasteiger partial charge in [0.15, 0.2) is 0 Å². The lowest BCUT2D eigenvalue weighted by Crippen LogP contribution is -2.30. The minimum atomic E-state index is -0.801. The number of carbonyl (C=O) groups is 4. The van der Waals surface area contributed by atoms with Crippen LogP contribution in [0.25, 0.3) is 10.9 Å². The van der Waals surface area contributed by atoms with Gasteiger partial charge >= 0.3 is 5.97 Å². The number of para-hydroxylation sites is 1. The summed E-state index contributed by atoms with van der Waals surface area (Å²) in [6, 6.07) is 13.3. The summed E-state index contributed by atoms with van der Waals surface area (Å²) < 4.78 is 6.37. The molecule has 1 fully saturated rings. The van der Waals surface area contributed by atoms with Crippen molar-refractivity contribution in [1.82, 2.24) is 9.47 Å². The number of ketones is 1. The first kappa shape index (κ1) is 21.3. The van der Waals surface area contributed by atoms with Crippen molar-refractivity contribution in [1.29, 1.82) is 0 Å². The Morgan fingerprint density at radius 2 is 1.66 bits per heavy atom. The van der Waals surface area contributed by atoms with E-state index in [2.05, 4.69) is 10.1 Å².